The first-order valence-electron chi connectivity index (χ1n) is 11.1. The second-order valence-electron chi connectivity index (χ2n) is 8.06. The Hall–Kier alpha value is -4.47. The summed E-state index contributed by atoms with van der Waals surface area (Å²) >= 11 is 0. The van der Waals surface area contributed by atoms with Crippen molar-refractivity contribution in [3.8, 4) is 22.7 Å². The lowest BCUT2D eigenvalue weighted by Crippen LogP contribution is -2.49. The molecular weight excluding hydrogens is 451 g/mol. The molecule has 1 fully saturated rings. The molecule has 2 aromatic heterocycles. The fourth-order valence-electron chi connectivity index (χ4n) is 4.07. The molecular formula is C25H23FN6O3. The smallest absolute Gasteiger partial charge is 0.272 e. The van der Waals surface area contributed by atoms with Crippen LogP contribution >= 0.6 is 0 Å². The summed E-state index contributed by atoms with van der Waals surface area (Å²) in [5, 5.41) is 11.6. The summed E-state index contributed by atoms with van der Waals surface area (Å²) in [6.07, 6.45) is 0. The number of ether oxygens (including phenoxy) is 1. The van der Waals surface area contributed by atoms with E-state index in [0.29, 0.717) is 54.8 Å². The molecule has 0 atom stereocenters. The number of carbonyl (C=O) groups excluding carboxylic acids is 1. The third-order valence-corrected chi connectivity index (χ3v) is 5.94. The van der Waals surface area contributed by atoms with Crippen LogP contribution in [-0.2, 0) is 0 Å². The fourth-order valence-corrected chi connectivity index (χ4v) is 4.07. The summed E-state index contributed by atoms with van der Waals surface area (Å²) < 4.78 is 19.9. The summed E-state index contributed by atoms with van der Waals surface area (Å²) in [7, 11) is 1.59. The second-order valence-corrected chi connectivity index (χ2v) is 8.06. The number of hydrogen-bond donors (Lipinski definition) is 1. The average molecular weight is 474 g/mol. The van der Waals surface area contributed by atoms with Crippen molar-refractivity contribution in [2.45, 2.75) is 0 Å². The predicted octanol–water partition coefficient (Wildman–Crippen LogP) is 2.73. The monoisotopic (exact) mass is 474 g/mol. The Balaban J connectivity index is 1.28. The minimum Gasteiger partial charge on any atom is -0.496 e. The van der Waals surface area contributed by atoms with Crippen LogP contribution in [0.25, 0.3) is 16.9 Å². The van der Waals surface area contributed by atoms with Crippen LogP contribution in [0.1, 0.15) is 10.5 Å². The SMILES string of the molecule is COc1ccccc1-c1cc(C(=O)N2CCN(c3ccc(=O)n(-c4ccc(F)cc4)n3)CC2)[nH]n1. The van der Waals surface area contributed by atoms with Gasteiger partial charge in [0.1, 0.15) is 23.1 Å². The maximum absolute atomic E-state index is 13.3. The molecule has 0 spiro atoms. The summed E-state index contributed by atoms with van der Waals surface area (Å²) in [5.41, 5.74) is 2.02. The Bertz CT molecular complexity index is 1410. The van der Waals surface area contributed by atoms with Gasteiger partial charge in [0.05, 0.1) is 18.5 Å². The van der Waals surface area contributed by atoms with Gasteiger partial charge in [-0.05, 0) is 48.5 Å². The Morgan fingerprint density at radius 3 is 2.49 bits per heavy atom. The number of benzene rings is 2. The highest BCUT2D eigenvalue weighted by Crippen LogP contribution is 2.28. The number of piperazine rings is 1. The standard InChI is InChI=1S/C25H23FN6O3/c1-35-22-5-3-2-4-19(22)20-16-21(28-27-20)25(34)31-14-12-30(13-15-31)23-10-11-24(33)32(29-23)18-8-6-17(26)7-9-18/h2-11,16H,12-15H2,1H3,(H,27,28). The number of nitrogens with zero attached hydrogens (tertiary/aromatic N) is 5. The van der Waals surface area contributed by atoms with Gasteiger partial charge in [0.2, 0.25) is 0 Å². The molecule has 0 saturated carbocycles. The fraction of sp³-hybridized carbons (Fsp3) is 0.200. The van der Waals surface area contributed by atoms with Crippen LogP contribution in [0.5, 0.6) is 5.75 Å². The van der Waals surface area contributed by atoms with Gasteiger partial charge in [0, 0.05) is 37.8 Å². The summed E-state index contributed by atoms with van der Waals surface area (Å²) in [4.78, 5) is 29.1. The van der Waals surface area contributed by atoms with Crippen LogP contribution < -0.4 is 15.2 Å². The lowest BCUT2D eigenvalue weighted by molar-refractivity contribution is 0.0740. The third-order valence-electron chi connectivity index (χ3n) is 5.94. The van der Waals surface area contributed by atoms with Crippen molar-refractivity contribution >= 4 is 11.7 Å². The summed E-state index contributed by atoms with van der Waals surface area (Å²) in [5.74, 6) is 0.774. The number of methoxy groups -OCH3 is 1. The highest BCUT2D eigenvalue weighted by molar-refractivity contribution is 5.93. The first kappa shape index (κ1) is 22.3. The van der Waals surface area contributed by atoms with Crippen LogP contribution in [0.2, 0.25) is 0 Å². The molecule has 0 radical (unpaired) electrons. The van der Waals surface area contributed by atoms with Gasteiger partial charge in [-0.2, -0.15) is 9.78 Å². The Kier molecular flexibility index (Phi) is 6.01. The van der Waals surface area contributed by atoms with E-state index < -0.39 is 0 Å². The molecule has 9 nitrogen and oxygen atoms in total. The second kappa shape index (κ2) is 9.41. The molecule has 10 heteroatoms. The number of anilines is 1. The number of H-pyrrole nitrogens is 1. The van der Waals surface area contributed by atoms with Crippen molar-refractivity contribution in [3.05, 3.63) is 88.6 Å². The minimum atomic E-state index is -0.383. The molecule has 0 unspecified atom stereocenters. The van der Waals surface area contributed by atoms with Crippen LogP contribution in [0, 0.1) is 5.82 Å². The number of para-hydroxylation sites is 1. The normalized spacial score (nSPS) is 13.7. The molecule has 0 bridgehead atoms. The van der Waals surface area contributed by atoms with Crippen molar-refractivity contribution in [1.29, 1.82) is 0 Å². The van der Waals surface area contributed by atoms with Gasteiger partial charge < -0.3 is 14.5 Å². The molecule has 4 aromatic rings. The first-order valence-corrected chi connectivity index (χ1v) is 11.1. The average Bonchev–Trinajstić information content (AvgIpc) is 3.39. The number of aromatic nitrogens is 4. The van der Waals surface area contributed by atoms with Crippen LogP contribution in [0.4, 0.5) is 10.2 Å². The van der Waals surface area contributed by atoms with Gasteiger partial charge >= 0.3 is 0 Å². The van der Waals surface area contributed by atoms with Crippen molar-refractivity contribution in [3.63, 3.8) is 0 Å². The number of halogens is 1. The highest BCUT2D eigenvalue weighted by atomic mass is 19.1. The zero-order valence-electron chi connectivity index (χ0n) is 19.0. The largest absolute Gasteiger partial charge is 0.496 e. The maximum Gasteiger partial charge on any atom is 0.272 e. The Labute approximate surface area is 200 Å². The molecule has 178 valence electrons. The zero-order chi connectivity index (χ0) is 24.4. The van der Waals surface area contributed by atoms with Crippen molar-refractivity contribution < 1.29 is 13.9 Å². The van der Waals surface area contributed by atoms with E-state index in [-0.39, 0.29) is 17.3 Å². The number of carbonyl (C=O) groups is 1. The summed E-state index contributed by atoms with van der Waals surface area (Å²) in [6, 6.07) is 17.9. The molecule has 1 aliphatic heterocycles. The van der Waals surface area contributed by atoms with Crippen LogP contribution in [-0.4, -0.2) is 64.1 Å². The maximum atomic E-state index is 13.3. The van der Waals surface area contributed by atoms with Crippen LogP contribution in [0.15, 0.2) is 71.5 Å². The highest BCUT2D eigenvalue weighted by Gasteiger charge is 2.25. The lowest BCUT2D eigenvalue weighted by atomic mass is 10.1. The quantitative estimate of drug-likeness (QED) is 0.478. The third kappa shape index (κ3) is 4.50. The van der Waals surface area contributed by atoms with Gasteiger partial charge in [0.25, 0.3) is 11.5 Å². The van der Waals surface area contributed by atoms with Crippen LogP contribution in [0.3, 0.4) is 0 Å². The zero-order valence-corrected chi connectivity index (χ0v) is 19.0. The van der Waals surface area contributed by atoms with Crippen molar-refractivity contribution in [2.75, 3.05) is 38.2 Å². The van der Waals surface area contributed by atoms with E-state index in [1.165, 1.54) is 35.0 Å². The van der Waals surface area contributed by atoms with Gasteiger partial charge in [-0.3, -0.25) is 14.7 Å². The number of nitrogens with one attached hydrogen (secondary N) is 1. The number of amides is 1. The molecule has 0 aliphatic carbocycles. The molecule has 1 N–H and O–H groups in total. The van der Waals surface area contributed by atoms with Gasteiger partial charge in [0.15, 0.2) is 0 Å². The molecule has 1 aliphatic rings. The van der Waals surface area contributed by atoms with E-state index in [1.54, 1.807) is 24.1 Å². The minimum absolute atomic E-state index is 0.137. The molecule has 35 heavy (non-hydrogen) atoms. The van der Waals surface area contributed by atoms with Gasteiger partial charge in [-0.1, -0.05) is 12.1 Å². The molecule has 1 saturated heterocycles. The number of hydrogen-bond acceptors (Lipinski definition) is 6. The van der Waals surface area contributed by atoms with E-state index in [4.69, 9.17) is 4.74 Å². The van der Waals surface area contributed by atoms with E-state index in [9.17, 15) is 14.0 Å². The molecule has 2 aromatic carbocycles. The first-order chi connectivity index (χ1) is 17.0. The molecule has 1 amide bonds. The molecule has 3 heterocycles. The Morgan fingerprint density at radius 1 is 1.00 bits per heavy atom. The van der Waals surface area contributed by atoms with Crippen molar-refractivity contribution in [2.24, 2.45) is 0 Å². The van der Waals surface area contributed by atoms with E-state index in [0.717, 1.165) is 5.56 Å². The van der Waals surface area contributed by atoms with Crippen molar-refractivity contribution in [1.82, 2.24) is 24.9 Å². The van der Waals surface area contributed by atoms with E-state index >= 15 is 0 Å². The van der Waals surface area contributed by atoms with Gasteiger partial charge in [-0.25, -0.2) is 4.39 Å². The molecule has 5 rings (SSSR count). The van der Waals surface area contributed by atoms with E-state index in [2.05, 4.69) is 15.3 Å². The number of rotatable bonds is 5. The topological polar surface area (TPSA) is 96.4 Å². The Morgan fingerprint density at radius 2 is 1.74 bits per heavy atom. The number of aromatic amines is 1. The summed E-state index contributed by atoms with van der Waals surface area (Å²) in [6.45, 7) is 2.07. The van der Waals surface area contributed by atoms with Gasteiger partial charge in [-0.15, -0.1) is 5.10 Å². The predicted molar refractivity (Wildman–Crippen MR) is 128 cm³/mol. The van der Waals surface area contributed by atoms with E-state index in [1.807, 2.05) is 29.2 Å². The lowest BCUT2D eigenvalue weighted by Gasteiger charge is -2.35.